The van der Waals surface area contributed by atoms with Crippen molar-refractivity contribution in [1.82, 2.24) is 4.90 Å². The number of hydrogen-bond donors (Lipinski definition) is 1. The molecule has 3 aromatic carbocycles. The summed E-state index contributed by atoms with van der Waals surface area (Å²) in [5, 5.41) is 0. The molecule has 0 bridgehead atoms. The second-order valence-electron chi connectivity index (χ2n) is 9.35. The fourth-order valence-electron chi connectivity index (χ4n) is 5.12. The molecule has 4 heteroatoms. The zero-order valence-electron chi connectivity index (χ0n) is 19.8. The van der Waals surface area contributed by atoms with Crippen LogP contribution < -0.4 is 5.73 Å². The highest BCUT2D eigenvalue weighted by Gasteiger charge is 2.28. The smallest absolute Gasteiger partial charge is 0.253 e. The third-order valence-corrected chi connectivity index (χ3v) is 7.03. The number of aliphatic imine (C=N–C) groups is 1. The van der Waals surface area contributed by atoms with Gasteiger partial charge in [-0.3, -0.25) is 9.79 Å². The number of carbonyl (C=O) groups is 1. The molecule has 0 unspecified atom stereocenters. The summed E-state index contributed by atoms with van der Waals surface area (Å²) < 4.78 is 0. The summed E-state index contributed by atoms with van der Waals surface area (Å²) in [6.45, 7) is 2.27. The molecule has 1 aliphatic rings. The van der Waals surface area contributed by atoms with Crippen molar-refractivity contribution in [2.24, 2.45) is 22.6 Å². The molecule has 0 aromatic heterocycles. The molecule has 0 spiro atoms. The lowest BCUT2D eigenvalue weighted by molar-refractivity contribution is 0.0700. The van der Waals surface area contributed by atoms with Crippen molar-refractivity contribution in [3.8, 4) is 0 Å². The average Bonchev–Trinajstić information content (AvgIpc) is 2.91. The Morgan fingerprint density at radius 3 is 1.85 bits per heavy atom. The van der Waals surface area contributed by atoms with Gasteiger partial charge in [-0.1, -0.05) is 78.9 Å². The molecule has 4 rings (SSSR count). The van der Waals surface area contributed by atoms with Gasteiger partial charge >= 0.3 is 0 Å². The highest BCUT2D eigenvalue weighted by Crippen LogP contribution is 2.32. The molecular weight excluding hydrogens is 418 g/mol. The molecule has 3 aromatic rings. The lowest BCUT2D eigenvalue weighted by Gasteiger charge is -2.34. The minimum absolute atomic E-state index is 0.118. The maximum Gasteiger partial charge on any atom is 0.253 e. The molecule has 0 radical (unpaired) electrons. The third-order valence-electron chi connectivity index (χ3n) is 7.03. The average molecular weight is 454 g/mol. The number of rotatable bonds is 9. The predicted octanol–water partition coefficient (Wildman–Crippen LogP) is 5.75. The van der Waals surface area contributed by atoms with E-state index in [4.69, 9.17) is 5.73 Å². The molecule has 0 aliphatic heterocycles. The SMILES string of the molecule is NC=NCC1CCC(CN(CC(c2ccccc2)c2ccccc2)C(=O)c2ccccc2)CC1. The van der Waals surface area contributed by atoms with Crippen LogP contribution in [0.4, 0.5) is 0 Å². The first-order valence-electron chi connectivity index (χ1n) is 12.4. The molecule has 176 valence electrons. The number of nitrogens with two attached hydrogens (primary N) is 1. The van der Waals surface area contributed by atoms with Gasteiger partial charge in [0.25, 0.3) is 5.91 Å². The Kier molecular flexibility index (Phi) is 8.50. The molecule has 0 saturated heterocycles. The van der Waals surface area contributed by atoms with Crippen LogP contribution in [0.15, 0.2) is 96.0 Å². The lowest BCUT2D eigenvalue weighted by Crippen LogP contribution is -2.39. The van der Waals surface area contributed by atoms with Crippen LogP contribution in [0.2, 0.25) is 0 Å². The van der Waals surface area contributed by atoms with Gasteiger partial charge < -0.3 is 10.6 Å². The van der Waals surface area contributed by atoms with Gasteiger partial charge in [0.1, 0.15) is 0 Å². The van der Waals surface area contributed by atoms with Crippen molar-refractivity contribution in [3.63, 3.8) is 0 Å². The van der Waals surface area contributed by atoms with Crippen LogP contribution in [0, 0.1) is 11.8 Å². The normalized spacial score (nSPS) is 18.3. The Balaban J connectivity index is 1.56. The molecule has 0 heterocycles. The third kappa shape index (κ3) is 6.34. The molecule has 1 saturated carbocycles. The monoisotopic (exact) mass is 453 g/mol. The number of nitrogens with zero attached hydrogens (tertiary/aromatic N) is 2. The minimum Gasteiger partial charge on any atom is -0.390 e. The summed E-state index contributed by atoms with van der Waals surface area (Å²) in [6.07, 6.45) is 5.97. The maximum atomic E-state index is 13.7. The first-order chi connectivity index (χ1) is 16.7. The van der Waals surface area contributed by atoms with E-state index in [0.717, 1.165) is 44.3 Å². The fourth-order valence-corrected chi connectivity index (χ4v) is 5.12. The maximum absolute atomic E-state index is 13.7. The van der Waals surface area contributed by atoms with Crippen molar-refractivity contribution >= 4 is 12.2 Å². The number of carbonyl (C=O) groups excluding carboxylic acids is 1. The Hall–Kier alpha value is -3.40. The molecule has 34 heavy (non-hydrogen) atoms. The summed E-state index contributed by atoms with van der Waals surface area (Å²) in [5.41, 5.74) is 8.67. The largest absolute Gasteiger partial charge is 0.390 e. The van der Waals surface area contributed by atoms with Crippen LogP contribution in [-0.2, 0) is 0 Å². The predicted molar refractivity (Wildman–Crippen MR) is 140 cm³/mol. The van der Waals surface area contributed by atoms with Gasteiger partial charge in [-0.25, -0.2) is 0 Å². The molecule has 0 atom stereocenters. The van der Waals surface area contributed by atoms with Gasteiger partial charge in [0.2, 0.25) is 0 Å². The lowest BCUT2D eigenvalue weighted by atomic mass is 9.81. The van der Waals surface area contributed by atoms with E-state index in [1.165, 1.54) is 17.5 Å². The minimum atomic E-state index is 0.118. The van der Waals surface area contributed by atoms with Crippen LogP contribution in [0.5, 0.6) is 0 Å². The zero-order valence-corrected chi connectivity index (χ0v) is 19.8. The Morgan fingerprint density at radius 2 is 1.32 bits per heavy atom. The van der Waals surface area contributed by atoms with Gasteiger partial charge in [-0.2, -0.15) is 0 Å². The Bertz CT molecular complexity index is 989. The van der Waals surface area contributed by atoms with E-state index in [1.54, 1.807) is 0 Å². The first-order valence-corrected chi connectivity index (χ1v) is 12.4. The van der Waals surface area contributed by atoms with Crippen LogP contribution in [-0.4, -0.2) is 36.8 Å². The summed E-state index contributed by atoms with van der Waals surface area (Å²) in [4.78, 5) is 20.1. The molecule has 1 fully saturated rings. The molecule has 2 N–H and O–H groups in total. The van der Waals surface area contributed by atoms with E-state index in [1.807, 2.05) is 42.5 Å². The quantitative estimate of drug-likeness (QED) is 0.331. The second kappa shape index (κ2) is 12.2. The van der Waals surface area contributed by atoms with E-state index in [-0.39, 0.29) is 11.8 Å². The number of benzene rings is 3. The van der Waals surface area contributed by atoms with Crippen molar-refractivity contribution in [2.45, 2.75) is 31.6 Å². The van der Waals surface area contributed by atoms with Gasteiger partial charge in [-0.05, 0) is 60.8 Å². The molecule has 1 aliphatic carbocycles. The van der Waals surface area contributed by atoms with E-state index in [0.29, 0.717) is 18.4 Å². The van der Waals surface area contributed by atoms with Crippen molar-refractivity contribution in [2.75, 3.05) is 19.6 Å². The highest BCUT2D eigenvalue weighted by atomic mass is 16.2. The van der Waals surface area contributed by atoms with Gasteiger partial charge in [0.05, 0.1) is 6.34 Å². The van der Waals surface area contributed by atoms with Gasteiger partial charge in [0.15, 0.2) is 0 Å². The second-order valence-corrected chi connectivity index (χ2v) is 9.35. The van der Waals surface area contributed by atoms with Crippen LogP contribution >= 0.6 is 0 Å². The molecule has 4 nitrogen and oxygen atoms in total. The van der Waals surface area contributed by atoms with Crippen molar-refractivity contribution in [3.05, 3.63) is 108 Å². The van der Waals surface area contributed by atoms with E-state index in [2.05, 4.69) is 58.4 Å². The highest BCUT2D eigenvalue weighted by molar-refractivity contribution is 5.94. The van der Waals surface area contributed by atoms with Crippen LogP contribution in [0.25, 0.3) is 0 Å². The Labute approximate surface area is 203 Å². The summed E-state index contributed by atoms with van der Waals surface area (Å²) in [7, 11) is 0. The summed E-state index contributed by atoms with van der Waals surface area (Å²) in [6, 6.07) is 30.8. The van der Waals surface area contributed by atoms with E-state index >= 15 is 0 Å². The first kappa shape index (κ1) is 23.7. The van der Waals surface area contributed by atoms with E-state index < -0.39 is 0 Å². The topological polar surface area (TPSA) is 58.7 Å². The zero-order chi connectivity index (χ0) is 23.6. The molecular formula is C30H35N3O. The van der Waals surface area contributed by atoms with Crippen molar-refractivity contribution < 1.29 is 4.79 Å². The Morgan fingerprint density at radius 1 is 0.824 bits per heavy atom. The number of hydrogen-bond acceptors (Lipinski definition) is 2. The standard InChI is InChI=1S/C30H35N3O/c31-23-32-20-24-16-18-25(19-17-24)21-33(30(34)28-14-8-3-9-15-28)22-29(26-10-4-1-5-11-26)27-12-6-2-7-13-27/h1-15,23-25,29H,16-22H2,(H2,31,32). The van der Waals surface area contributed by atoms with E-state index in [9.17, 15) is 4.79 Å². The number of amides is 1. The fraction of sp³-hybridized carbons (Fsp3) is 0.333. The summed E-state index contributed by atoms with van der Waals surface area (Å²) >= 11 is 0. The molecule has 1 amide bonds. The van der Waals surface area contributed by atoms with Crippen LogP contribution in [0.1, 0.15) is 53.1 Å². The van der Waals surface area contributed by atoms with Crippen molar-refractivity contribution in [1.29, 1.82) is 0 Å². The van der Waals surface area contributed by atoms with Gasteiger partial charge in [-0.15, -0.1) is 0 Å². The summed E-state index contributed by atoms with van der Waals surface area (Å²) in [5.74, 6) is 1.37. The van der Waals surface area contributed by atoms with Gasteiger partial charge in [0, 0.05) is 31.1 Å². The van der Waals surface area contributed by atoms with Crippen LogP contribution in [0.3, 0.4) is 0 Å².